The van der Waals surface area contributed by atoms with Gasteiger partial charge in [0.15, 0.2) is 0 Å². The van der Waals surface area contributed by atoms with E-state index in [1.807, 2.05) is 11.3 Å². The zero-order valence-corrected chi connectivity index (χ0v) is 18.9. The molecule has 0 spiro atoms. The smallest absolute Gasteiger partial charge is 0.306 e. The van der Waals surface area contributed by atoms with Gasteiger partial charge in [0.1, 0.15) is 5.75 Å². The first-order valence-electron chi connectivity index (χ1n) is 10.4. The van der Waals surface area contributed by atoms with E-state index in [-0.39, 0.29) is 11.9 Å². The molecule has 1 aliphatic heterocycles. The summed E-state index contributed by atoms with van der Waals surface area (Å²) in [7, 11) is 1.43. The first kappa shape index (κ1) is 20.7. The molecule has 3 nitrogen and oxygen atoms in total. The number of thiophene rings is 1. The molecule has 1 aromatic heterocycles. The van der Waals surface area contributed by atoms with Crippen LogP contribution in [0.4, 0.5) is 0 Å². The van der Waals surface area contributed by atoms with Crippen molar-refractivity contribution < 1.29 is 14.3 Å². The fourth-order valence-corrected chi connectivity index (χ4v) is 5.29. The number of ether oxygens (including phenoxy) is 2. The average molecular weight is 421 g/mol. The van der Waals surface area contributed by atoms with Crippen molar-refractivity contribution in [3.63, 3.8) is 0 Å². The van der Waals surface area contributed by atoms with E-state index < -0.39 is 0 Å². The number of carbonyl (C=O) groups is 1. The van der Waals surface area contributed by atoms with Crippen molar-refractivity contribution >= 4 is 17.3 Å². The number of esters is 1. The monoisotopic (exact) mass is 420 g/mol. The molecular weight excluding hydrogens is 392 g/mol. The zero-order valence-electron chi connectivity index (χ0n) is 18.1. The van der Waals surface area contributed by atoms with Crippen molar-refractivity contribution in [3.8, 4) is 16.9 Å². The highest BCUT2D eigenvalue weighted by Gasteiger charge is 2.26. The van der Waals surface area contributed by atoms with E-state index in [1.54, 1.807) is 0 Å². The Bertz CT molecular complexity index is 1080. The van der Waals surface area contributed by atoms with Gasteiger partial charge in [0, 0.05) is 21.2 Å². The van der Waals surface area contributed by atoms with Gasteiger partial charge in [0.05, 0.1) is 20.1 Å². The van der Waals surface area contributed by atoms with Gasteiger partial charge < -0.3 is 9.47 Å². The van der Waals surface area contributed by atoms with Crippen molar-refractivity contribution in [2.45, 2.75) is 46.0 Å². The minimum absolute atomic E-state index is 0.0951. The summed E-state index contributed by atoms with van der Waals surface area (Å²) in [5.41, 5.74) is 7.84. The number of hydrogen-bond acceptors (Lipinski definition) is 4. The van der Waals surface area contributed by atoms with Gasteiger partial charge in [-0.25, -0.2) is 0 Å². The number of hydrogen-bond donors (Lipinski definition) is 0. The maximum atomic E-state index is 11.6. The van der Waals surface area contributed by atoms with Gasteiger partial charge in [-0.3, -0.25) is 4.79 Å². The molecule has 4 rings (SSSR count). The number of aryl methyl sites for hydroxylation is 4. The molecule has 30 heavy (non-hydrogen) atoms. The number of benzene rings is 2. The number of fused-ring (bicyclic) bond motifs is 1. The third kappa shape index (κ3) is 4.15. The Hall–Kier alpha value is -2.59. The van der Waals surface area contributed by atoms with Gasteiger partial charge in [0.2, 0.25) is 0 Å². The second-order valence-electron chi connectivity index (χ2n) is 8.08. The first-order valence-corrected chi connectivity index (χ1v) is 11.3. The Morgan fingerprint density at radius 2 is 1.93 bits per heavy atom. The van der Waals surface area contributed by atoms with Crippen molar-refractivity contribution in [3.05, 3.63) is 74.5 Å². The molecule has 0 N–H and O–H groups in total. The molecular formula is C26H28O3S. The van der Waals surface area contributed by atoms with Crippen LogP contribution in [0.5, 0.6) is 5.75 Å². The number of methoxy groups -OCH3 is 1. The molecule has 0 saturated carbocycles. The highest BCUT2D eigenvalue weighted by atomic mass is 32.1. The highest BCUT2D eigenvalue weighted by Crippen LogP contribution is 2.37. The summed E-state index contributed by atoms with van der Waals surface area (Å²) < 4.78 is 10.7. The van der Waals surface area contributed by atoms with Crippen LogP contribution in [0.1, 0.15) is 44.3 Å². The van der Waals surface area contributed by atoms with Gasteiger partial charge >= 0.3 is 5.97 Å². The average Bonchev–Trinajstić information content (AvgIpc) is 3.28. The van der Waals surface area contributed by atoms with Crippen LogP contribution < -0.4 is 4.74 Å². The molecule has 0 fully saturated rings. The van der Waals surface area contributed by atoms with Crippen LogP contribution in [0.15, 0.2) is 42.5 Å². The van der Waals surface area contributed by atoms with Crippen LogP contribution in [0.3, 0.4) is 0 Å². The molecule has 2 aromatic carbocycles. The Balaban J connectivity index is 1.49. The van der Waals surface area contributed by atoms with Gasteiger partial charge in [0.25, 0.3) is 0 Å². The maximum absolute atomic E-state index is 11.6. The van der Waals surface area contributed by atoms with E-state index in [4.69, 9.17) is 9.47 Å². The highest BCUT2D eigenvalue weighted by molar-refractivity contribution is 7.12. The maximum Gasteiger partial charge on any atom is 0.306 e. The standard InChI is InChI=1S/C26H28O3S/c1-16-12-24(18(3)30-16)22-7-5-6-20(17(22)2)10-8-19-9-11-23-21(14-26(27)28-4)15-29-25(23)13-19/h5-7,9,11-13,21H,8,10,14-15H2,1-4H3/t21-/m1/s1. The molecule has 1 aliphatic rings. The Labute approximate surface area is 182 Å². The molecule has 4 heteroatoms. The van der Waals surface area contributed by atoms with Gasteiger partial charge in [-0.2, -0.15) is 0 Å². The molecule has 0 unspecified atom stereocenters. The Morgan fingerprint density at radius 1 is 1.10 bits per heavy atom. The third-order valence-corrected chi connectivity index (χ3v) is 7.02. The summed E-state index contributed by atoms with van der Waals surface area (Å²) in [4.78, 5) is 14.3. The molecule has 0 aliphatic carbocycles. The fraction of sp³-hybridized carbons (Fsp3) is 0.346. The van der Waals surface area contributed by atoms with E-state index in [9.17, 15) is 4.79 Å². The van der Waals surface area contributed by atoms with E-state index in [1.165, 1.54) is 44.7 Å². The van der Waals surface area contributed by atoms with Crippen LogP contribution in [-0.4, -0.2) is 19.7 Å². The Kier molecular flexibility index (Phi) is 5.96. The Morgan fingerprint density at radius 3 is 2.67 bits per heavy atom. The lowest BCUT2D eigenvalue weighted by Gasteiger charge is -2.12. The minimum atomic E-state index is -0.188. The van der Waals surface area contributed by atoms with E-state index in [2.05, 4.69) is 63.2 Å². The van der Waals surface area contributed by atoms with Crippen molar-refractivity contribution in [2.24, 2.45) is 0 Å². The summed E-state index contributed by atoms with van der Waals surface area (Å²) in [6.07, 6.45) is 2.33. The molecule has 3 aromatic rings. The fourth-order valence-electron chi connectivity index (χ4n) is 4.35. The molecule has 156 valence electrons. The molecule has 0 amide bonds. The van der Waals surface area contributed by atoms with Crippen LogP contribution >= 0.6 is 11.3 Å². The summed E-state index contributed by atoms with van der Waals surface area (Å²) in [5, 5.41) is 0. The van der Waals surface area contributed by atoms with Crippen LogP contribution in [0.25, 0.3) is 11.1 Å². The molecule has 2 heterocycles. The van der Waals surface area contributed by atoms with Crippen LogP contribution in [0.2, 0.25) is 0 Å². The molecule has 0 radical (unpaired) electrons. The van der Waals surface area contributed by atoms with Crippen LogP contribution in [-0.2, 0) is 22.4 Å². The summed E-state index contributed by atoms with van der Waals surface area (Å²) in [6, 6.07) is 15.4. The second kappa shape index (κ2) is 8.65. The topological polar surface area (TPSA) is 35.5 Å². The quantitative estimate of drug-likeness (QED) is 0.448. The van der Waals surface area contributed by atoms with E-state index in [0.717, 1.165) is 24.2 Å². The number of rotatable bonds is 6. The lowest BCUT2D eigenvalue weighted by Crippen LogP contribution is -2.09. The second-order valence-corrected chi connectivity index (χ2v) is 9.54. The van der Waals surface area contributed by atoms with E-state index in [0.29, 0.717) is 13.0 Å². The van der Waals surface area contributed by atoms with Crippen LogP contribution in [0, 0.1) is 20.8 Å². The van der Waals surface area contributed by atoms with Crippen molar-refractivity contribution in [1.82, 2.24) is 0 Å². The SMILES string of the molecule is COC(=O)C[C@@H]1COc2cc(CCc3cccc(-c4cc(C)sc4C)c3C)ccc21. The largest absolute Gasteiger partial charge is 0.493 e. The normalized spacial score (nSPS) is 15.0. The van der Waals surface area contributed by atoms with Gasteiger partial charge in [-0.1, -0.05) is 30.3 Å². The molecule has 1 atom stereocenters. The lowest BCUT2D eigenvalue weighted by atomic mass is 9.92. The predicted octanol–water partition coefficient (Wildman–Crippen LogP) is 6.16. The van der Waals surface area contributed by atoms with Gasteiger partial charge in [-0.15, -0.1) is 11.3 Å². The minimum Gasteiger partial charge on any atom is -0.493 e. The summed E-state index contributed by atoms with van der Waals surface area (Å²) >= 11 is 1.86. The third-order valence-electron chi connectivity index (χ3n) is 6.06. The van der Waals surface area contributed by atoms with Crippen molar-refractivity contribution in [2.75, 3.05) is 13.7 Å². The first-order chi connectivity index (χ1) is 14.5. The summed E-state index contributed by atoms with van der Waals surface area (Å²) in [5.74, 6) is 0.820. The molecule has 0 saturated heterocycles. The van der Waals surface area contributed by atoms with Crippen molar-refractivity contribution in [1.29, 1.82) is 0 Å². The lowest BCUT2D eigenvalue weighted by molar-refractivity contribution is -0.141. The summed E-state index contributed by atoms with van der Waals surface area (Å²) in [6.45, 7) is 7.16. The van der Waals surface area contributed by atoms with Gasteiger partial charge in [-0.05, 0) is 73.6 Å². The van der Waals surface area contributed by atoms with E-state index >= 15 is 0 Å². The molecule has 0 bridgehead atoms. The number of carbonyl (C=O) groups excluding carboxylic acids is 1. The predicted molar refractivity (Wildman–Crippen MR) is 123 cm³/mol. The zero-order chi connectivity index (χ0) is 21.3.